The van der Waals surface area contributed by atoms with Crippen LogP contribution in [-0.4, -0.2) is 193 Å². The molecule has 17 unspecified atom stereocenters. The molecule has 3 fully saturated rings. The van der Waals surface area contributed by atoms with Gasteiger partial charge in [0, 0.05) is 6.42 Å². The molecule has 3 aliphatic rings. The Bertz CT molecular complexity index is 1720. The fourth-order valence-corrected chi connectivity index (χ4v) is 11.8. The number of rotatable bonds is 53. The molecule has 3 rings (SSSR count). The van der Waals surface area contributed by atoms with Gasteiger partial charge in [0.15, 0.2) is 18.9 Å². The minimum absolute atomic E-state index is 0.228. The van der Waals surface area contributed by atoms with Gasteiger partial charge in [-0.15, -0.1) is 0 Å². The van der Waals surface area contributed by atoms with Crippen molar-refractivity contribution in [2.75, 3.05) is 26.4 Å². The molecule has 12 N–H and O–H groups in total. The summed E-state index contributed by atoms with van der Waals surface area (Å²) < 4.78 is 34.3. The highest BCUT2D eigenvalue weighted by Gasteiger charge is 2.53. The smallest absolute Gasteiger partial charge is 0.220 e. The van der Waals surface area contributed by atoms with Crippen molar-refractivity contribution in [1.29, 1.82) is 0 Å². The van der Waals surface area contributed by atoms with Crippen LogP contribution in [0.2, 0.25) is 0 Å². The number of carbonyl (C=O) groups is 1. The first-order chi connectivity index (χ1) is 42.3. The summed E-state index contributed by atoms with van der Waals surface area (Å²) in [5.41, 5.74) is 0. The van der Waals surface area contributed by atoms with Gasteiger partial charge in [-0.3, -0.25) is 4.79 Å². The molecule has 19 heteroatoms. The zero-order valence-electron chi connectivity index (χ0n) is 53.8. The maximum Gasteiger partial charge on any atom is 0.220 e. The lowest BCUT2D eigenvalue weighted by atomic mass is 9.96. The number of carbonyl (C=O) groups excluding carboxylic acids is 1. The highest BCUT2D eigenvalue weighted by atomic mass is 16.8. The summed E-state index contributed by atoms with van der Waals surface area (Å²) >= 11 is 0. The van der Waals surface area contributed by atoms with Crippen LogP contribution in [0.3, 0.4) is 0 Å². The van der Waals surface area contributed by atoms with Gasteiger partial charge in [0.2, 0.25) is 5.91 Å². The Hall–Kier alpha value is -1.99. The van der Waals surface area contributed by atoms with E-state index >= 15 is 0 Å². The molecule has 0 saturated carbocycles. The first-order valence-corrected chi connectivity index (χ1v) is 34.7. The number of aliphatic hydroxyl groups is 11. The van der Waals surface area contributed by atoms with E-state index in [1.54, 1.807) is 6.08 Å². The number of hydrogen-bond acceptors (Lipinski definition) is 18. The van der Waals surface area contributed by atoms with Crippen LogP contribution < -0.4 is 5.32 Å². The zero-order valence-corrected chi connectivity index (χ0v) is 53.8. The van der Waals surface area contributed by atoms with Gasteiger partial charge in [0.05, 0.1) is 38.6 Å². The molecule has 0 bridgehead atoms. The minimum Gasteiger partial charge on any atom is -0.394 e. The largest absolute Gasteiger partial charge is 0.394 e. The van der Waals surface area contributed by atoms with Crippen LogP contribution >= 0.6 is 0 Å². The maximum absolute atomic E-state index is 13.4. The average molecular weight is 1240 g/mol. The van der Waals surface area contributed by atoms with Gasteiger partial charge in [-0.05, 0) is 51.4 Å². The molecule has 0 aliphatic carbocycles. The Kier molecular flexibility index (Phi) is 46.0. The number of unbranched alkanes of at least 4 members (excludes halogenated alkanes) is 33. The summed E-state index contributed by atoms with van der Waals surface area (Å²) in [7, 11) is 0. The molecule has 0 aromatic carbocycles. The van der Waals surface area contributed by atoms with E-state index in [4.69, 9.17) is 28.4 Å². The van der Waals surface area contributed by atoms with E-state index in [9.17, 15) is 61.0 Å². The summed E-state index contributed by atoms with van der Waals surface area (Å²) in [5, 5.41) is 120. The second kappa shape index (κ2) is 50.6. The van der Waals surface area contributed by atoms with E-state index in [0.29, 0.717) is 6.42 Å². The van der Waals surface area contributed by atoms with Crippen molar-refractivity contribution in [1.82, 2.24) is 5.32 Å². The molecule has 0 radical (unpaired) electrons. The van der Waals surface area contributed by atoms with Gasteiger partial charge >= 0.3 is 0 Å². The summed E-state index contributed by atoms with van der Waals surface area (Å²) in [5.74, 6) is -0.288. The quantitative estimate of drug-likeness (QED) is 0.0200. The van der Waals surface area contributed by atoms with Crippen LogP contribution in [0.4, 0.5) is 0 Å². The highest BCUT2D eigenvalue weighted by Crippen LogP contribution is 2.33. The summed E-state index contributed by atoms with van der Waals surface area (Å²) in [6.07, 6.45) is 31.3. The van der Waals surface area contributed by atoms with Gasteiger partial charge in [0.1, 0.15) is 73.2 Å². The van der Waals surface area contributed by atoms with Crippen LogP contribution in [0.25, 0.3) is 0 Å². The fraction of sp³-hybridized carbons (Fsp3) is 0.897. The van der Waals surface area contributed by atoms with Crippen molar-refractivity contribution >= 4 is 5.91 Å². The van der Waals surface area contributed by atoms with E-state index in [0.717, 1.165) is 70.6 Å². The third-order valence-corrected chi connectivity index (χ3v) is 17.4. The SMILES string of the molecule is CCCCC/C=C\C/C=C\CCCCCCCC(=O)NC(COC1OC(CO)C(OC2OC(CO)C(OC3OC(CO)C(O)C(O)C3O)C(O)C2O)C(O)C1O)C(O)/C=C/CCCCCCCCCCCCCCCCCCCCCCCCCCC. The lowest BCUT2D eigenvalue weighted by Gasteiger charge is -2.48. The molecule has 0 spiro atoms. The first kappa shape index (κ1) is 79.2. The standard InChI is InChI=1S/C68H125NO18/c1-3-5-7-9-11-13-15-17-19-20-21-22-23-24-25-26-27-28-29-30-32-33-35-37-39-41-43-45-52(73)51(69-56(74)46-44-42-40-38-36-34-31-18-16-14-12-10-8-6-4-2)50-82-66-62(80)59(77)64(54(48-71)84-66)87-68-63(81)60(78)65(55(49-72)85-68)86-67-61(79)58(76)57(75)53(47-70)83-67/h12,14,18,31,43,45,51-55,57-68,70-73,75-81H,3-11,13,15-17,19-30,32-42,44,46-50H2,1-2H3,(H,69,74)/b14-12-,31-18-,45-43+. The van der Waals surface area contributed by atoms with Crippen molar-refractivity contribution in [2.24, 2.45) is 0 Å². The lowest BCUT2D eigenvalue weighted by Crippen LogP contribution is -2.66. The number of amides is 1. The molecule has 3 saturated heterocycles. The Labute approximate surface area is 523 Å². The number of allylic oxidation sites excluding steroid dienone is 5. The first-order valence-electron chi connectivity index (χ1n) is 34.7. The van der Waals surface area contributed by atoms with Gasteiger partial charge < -0.3 is 89.9 Å². The average Bonchev–Trinajstić information content (AvgIpc) is 2.90. The molecule has 1 amide bonds. The predicted octanol–water partition coefficient (Wildman–Crippen LogP) is 8.83. The highest BCUT2D eigenvalue weighted by molar-refractivity contribution is 5.76. The van der Waals surface area contributed by atoms with Crippen LogP contribution in [0.15, 0.2) is 36.5 Å². The predicted molar refractivity (Wildman–Crippen MR) is 337 cm³/mol. The van der Waals surface area contributed by atoms with Crippen molar-refractivity contribution < 1.29 is 89.4 Å². The second-order valence-electron chi connectivity index (χ2n) is 25.0. The Morgan fingerprint density at radius 2 is 0.759 bits per heavy atom. The lowest BCUT2D eigenvalue weighted by molar-refractivity contribution is -0.379. The molecule has 510 valence electrons. The van der Waals surface area contributed by atoms with Gasteiger partial charge in [-0.25, -0.2) is 0 Å². The monoisotopic (exact) mass is 1240 g/mol. The van der Waals surface area contributed by atoms with E-state index < -0.39 is 124 Å². The summed E-state index contributed by atoms with van der Waals surface area (Å²) in [6, 6.07) is -0.980. The van der Waals surface area contributed by atoms with Crippen molar-refractivity contribution in [3.8, 4) is 0 Å². The number of aliphatic hydroxyl groups excluding tert-OH is 11. The van der Waals surface area contributed by atoms with Crippen LogP contribution in [-0.2, 0) is 33.2 Å². The topological polar surface area (TPSA) is 307 Å². The normalized spacial score (nSPS) is 28.8. The van der Waals surface area contributed by atoms with Crippen molar-refractivity contribution in [3.05, 3.63) is 36.5 Å². The van der Waals surface area contributed by atoms with Crippen LogP contribution in [0.5, 0.6) is 0 Å². The number of hydrogen-bond donors (Lipinski definition) is 12. The molecule has 87 heavy (non-hydrogen) atoms. The maximum atomic E-state index is 13.4. The third kappa shape index (κ3) is 32.9. The van der Waals surface area contributed by atoms with Crippen LogP contribution in [0.1, 0.15) is 258 Å². The zero-order chi connectivity index (χ0) is 63.3. The van der Waals surface area contributed by atoms with E-state index in [1.807, 2.05) is 6.08 Å². The molecule has 0 aromatic rings. The van der Waals surface area contributed by atoms with Crippen molar-refractivity contribution in [2.45, 2.75) is 362 Å². The molecule has 19 nitrogen and oxygen atoms in total. The van der Waals surface area contributed by atoms with Crippen molar-refractivity contribution in [3.63, 3.8) is 0 Å². The van der Waals surface area contributed by atoms with Crippen LogP contribution in [0, 0.1) is 0 Å². The second-order valence-corrected chi connectivity index (χ2v) is 25.0. The summed E-state index contributed by atoms with van der Waals surface area (Å²) in [6.45, 7) is 1.71. The van der Waals surface area contributed by atoms with Gasteiger partial charge in [0.25, 0.3) is 0 Å². The Balaban J connectivity index is 1.43. The molecule has 17 atom stereocenters. The molecular formula is C68H125NO18. The Morgan fingerprint density at radius 3 is 1.20 bits per heavy atom. The molecule has 0 aromatic heterocycles. The third-order valence-electron chi connectivity index (χ3n) is 17.4. The molecular weight excluding hydrogens is 1120 g/mol. The summed E-state index contributed by atoms with van der Waals surface area (Å²) in [4.78, 5) is 13.4. The minimum atomic E-state index is -1.98. The fourth-order valence-electron chi connectivity index (χ4n) is 11.8. The van der Waals surface area contributed by atoms with E-state index in [1.165, 1.54) is 161 Å². The number of ether oxygens (including phenoxy) is 6. The number of nitrogens with one attached hydrogen (secondary N) is 1. The van der Waals surface area contributed by atoms with Gasteiger partial charge in [-0.2, -0.15) is 0 Å². The van der Waals surface area contributed by atoms with E-state index in [-0.39, 0.29) is 18.9 Å². The van der Waals surface area contributed by atoms with Gasteiger partial charge in [-0.1, -0.05) is 237 Å². The molecule has 3 aliphatic heterocycles. The van der Waals surface area contributed by atoms with E-state index in [2.05, 4.69) is 43.5 Å². The Morgan fingerprint density at radius 1 is 0.414 bits per heavy atom. The molecule has 3 heterocycles.